The van der Waals surface area contributed by atoms with Gasteiger partial charge in [-0.25, -0.2) is 0 Å². The van der Waals surface area contributed by atoms with Crippen LogP contribution in [0.2, 0.25) is 0 Å². The summed E-state index contributed by atoms with van der Waals surface area (Å²) in [5.74, 6) is -3.71. The largest absolute Gasteiger partial charge is 0.463 e. The van der Waals surface area contributed by atoms with Crippen LogP contribution >= 0.6 is 0 Å². The van der Waals surface area contributed by atoms with Gasteiger partial charge in [0.25, 0.3) is 0 Å². The van der Waals surface area contributed by atoms with E-state index in [0.29, 0.717) is 0 Å². The molecule has 1 fully saturated rings. The van der Waals surface area contributed by atoms with Crippen LogP contribution in [-0.4, -0.2) is 67.2 Å². The van der Waals surface area contributed by atoms with Crippen molar-refractivity contribution in [2.24, 2.45) is 0 Å². The Morgan fingerprint density at radius 1 is 0.630 bits per heavy atom. The van der Waals surface area contributed by atoms with Gasteiger partial charge in [-0.15, -0.1) is 0 Å². The van der Waals surface area contributed by atoms with Crippen molar-refractivity contribution >= 4 is 29.8 Å². The standard InChI is InChI=1S/C16H22O11/c1-7(17)22-6-12-13(23-8(2)18)14(24-9(3)19)15(25-10(4)20)16(27-12)26-11(5)21/h12-16H,6H2,1-5H3/t12?,13-,14-,15?,16?/m0/s1. The van der Waals surface area contributed by atoms with Gasteiger partial charge in [-0.3, -0.25) is 24.0 Å². The molecule has 1 aliphatic rings. The Hall–Kier alpha value is -2.69. The molecule has 0 aromatic carbocycles. The van der Waals surface area contributed by atoms with E-state index in [1.54, 1.807) is 0 Å². The van der Waals surface area contributed by atoms with E-state index in [2.05, 4.69) is 0 Å². The van der Waals surface area contributed by atoms with Gasteiger partial charge in [-0.2, -0.15) is 0 Å². The summed E-state index contributed by atoms with van der Waals surface area (Å²) in [6.07, 6.45) is -6.70. The van der Waals surface area contributed by atoms with Crippen LogP contribution in [0.1, 0.15) is 34.6 Å². The van der Waals surface area contributed by atoms with Crippen molar-refractivity contribution in [3.8, 4) is 0 Å². The van der Waals surface area contributed by atoms with Gasteiger partial charge >= 0.3 is 29.8 Å². The summed E-state index contributed by atoms with van der Waals surface area (Å²) in [5.41, 5.74) is 0. The molecule has 5 atom stereocenters. The molecule has 0 saturated carbocycles. The minimum atomic E-state index is -1.48. The smallest absolute Gasteiger partial charge is 0.305 e. The van der Waals surface area contributed by atoms with Gasteiger partial charge < -0.3 is 28.4 Å². The van der Waals surface area contributed by atoms with E-state index in [4.69, 9.17) is 28.4 Å². The summed E-state index contributed by atoms with van der Waals surface area (Å²) in [6.45, 7) is 5.13. The molecule has 152 valence electrons. The molecule has 11 nitrogen and oxygen atoms in total. The molecule has 1 heterocycles. The van der Waals surface area contributed by atoms with Crippen LogP contribution in [-0.2, 0) is 52.4 Å². The van der Waals surface area contributed by atoms with Gasteiger partial charge in [0.15, 0.2) is 12.2 Å². The third-order valence-electron chi connectivity index (χ3n) is 3.23. The van der Waals surface area contributed by atoms with Gasteiger partial charge in [-0.05, 0) is 0 Å². The van der Waals surface area contributed by atoms with Crippen molar-refractivity contribution in [1.82, 2.24) is 0 Å². The van der Waals surface area contributed by atoms with E-state index >= 15 is 0 Å². The predicted octanol–water partition coefficient (Wildman–Crippen LogP) is -0.367. The number of rotatable bonds is 6. The molecule has 3 unspecified atom stereocenters. The topological polar surface area (TPSA) is 141 Å². The zero-order chi connectivity index (χ0) is 20.7. The lowest BCUT2D eigenvalue weighted by molar-refractivity contribution is -0.300. The Morgan fingerprint density at radius 2 is 1.07 bits per heavy atom. The Labute approximate surface area is 155 Å². The molecule has 27 heavy (non-hydrogen) atoms. The fourth-order valence-electron chi connectivity index (χ4n) is 2.45. The maximum absolute atomic E-state index is 11.5. The number of carbonyl (C=O) groups excluding carboxylic acids is 5. The molecule has 1 aliphatic heterocycles. The van der Waals surface area contributed by atoms with Crippen LogP contribution in [0.15, 0.2) is 0 Å². The molecule has 0 bridgehead atoms. The first-order valence-corrected chi connectivity index (χ1v) is 7.99. The van der Waals surface area contributed by atoms with E-state index in [9.17, 15) is 24.0 Å². The SMILES string of the molecule is CC(=O)OCC1OC(OC(C)=O)C(OC(C)=O)[C@@H](OC(C)=O)[C@H]1OC(C)=O. The van der Waals surface area contributed by atoms with E-state index in [1.807, 2.05) is 0 Å². The molecule has 0 aliphatic carbocycles. The maximum atomic E-state index is 11.5. The van der Waals surface area contributed by atoms with Crippen LogP contribution in [0.3, 0.4) is 0 Å². The molecule has 0 N–H and O–H groups in total. The summed E-state index contributed by atoms with van der Waals surface area (Å²) >= 11 is 0. The monoisotopic (exact) mass is 390 g/mol. The number of carbonyl (C=O) groups is 5. The minimum absolute atomic E-state index is 0.393. The number of ether oxygens (including phenoxy) is 6. The van der Waals surface area contributed by atoms with Crippen LogP contribution in [0.4, 0.5) is 0 Å². The Morgan fingerprint density at radius 3 is 1.52 bits per heavy atom. The molecule has 0 spiro atoms. The molecule has 0 aromatic rings. The summed E-state index contributed by atoms with van der Waals surface area (Å²) in [6, 6.07) is 0. The lowest BCUT2D eigenvalue weighted by Gasteiger charge is -2.43. The van der Waals surface area contributed by atoms with Crippen molar-refractivity contribution in [2.45, 2.75) is 65.3 Å². The van der Waals surface area contributed by atoms with Crippen molar-refractivity contribution in [3.05, 3.63) is 0 Å². The van der Waals surface area contributed by atoms with Gasteiger partial charge in [0.05, 0.1) is 0 Å². The zero-order valence-electron chi connectivity index (χ0n) is 15.6. The van der Waals surface area contributed by atoms with Crippen molar-refractivity contribution in [3.63, 3.8) is 0 Å². The predicted molar refractivity (Wildman–Crippen MR) is 83.7 cm³/mol. The highest BCUT2D eigenvalue weighted by Gasteiger charge is 2.53. The van der Waals surface area contributed by atoms with Gasteiger partial charge in [0.2, 0.25) is 12.4 Å². The second-order valence-corrected chi connectivity index (χ2v) is 5.68. The van der Waals surface area contributed by atoms with E-state index in [0.717, 1.165) is 34.6 Å². The first kappa shape index (κ1) is 22.4. The van der Waals surface area contributed by atoms with Crippen LogP contribution in [0.25, 0.3) is 0 Å². The molecular formula is C16H22O11. The molecule has 11 heteroatoms. The fraction of sp³-hybridized carbons (Fsp3) is 0.688. The Bertz CT molecular complexity index is 599. The Kier molecular flexibility index (Phi) is 8.16. The highest BCUT2D eigenvalue weighted by atomic mass is 16.7. The first-order chi connectivity index (χ1) is 12.5. The molecule has 0 aromatic heterocycles. The Balaban J connectivity index is 3.29. The van der Waals surface area contributed by atoms with Crippen molar-refractivity contribution < 1.29 is 52.4 Å². The number of esters is 5. The minimum Gasteiger partial charge on any atom is -0.463 e. The third-order valence-corrected chi connectivity index (χ3v) is 3.23. The van der Waals surface area contributed by atoms with Crippen molar-refractivity contribution in [1.29, 1.82) is 0 Å². The maximum Gasteiger partial charge on any atom is 0.305 e. The first-order valence-electron chi connectivity index (χ1n) is 7.99. The second-order valence-electron chi connectivity index (χ2n) is 5.68. The summed E-state index contributed by atoms with van der Waals surface area (Å²) in [7, 11) is 0. The second kappa shape index (κ2) is 9.86. The summed E-state index contributed by atoms with van der Waals surface area (Å²) in [5, 5.41) is 0. The quantitative estimate of drug-likeness (QED) is 0.433. The van der Waals surface area contributed by atoms with Gasteiger partial charge in [0, 0.05) is 34.6 Å². The normalized spacial score (nSPS) is 27.1. The highest BCUT2D eigenvalue weighted by molar-refractivity contribution is 5.69. The number of hydrogen-bond donors (Lipinski definition) is 0. The number of hydrogen-bond acceptors (Lipinski definition) is 11. The van der Waals surface area contributed by atoms with Crippen molar-refractivity contribution in [2.75, 3.05) is 6.61 Å². The van der Waals surface area contributed by atoms with Crippen LogP contribution in [0, 0.1) is 0 Å². The van der Waals surface area contributed by atoms with Gasteiger partial charge in [-0.1, -0.05) is 0 Å². The van der Waals surface area contributed by atoms with E-state index in [1.165, 1.54) is 0 Å². The average Bonchev–Trinajstić information content (AvgIpc) is 2.49. The molecule has 1 rings (SSSR count). The fourth-order valence-corrected chi connectivity index (χ4v) is 2.45. The lowest BCUT2D eigenvalue weighted by Crippen LogP contribution is -2.63. The zero-order valence-corrected chi connectivity index (χ0v) is 15.6. The molecule has 0 amide bonds. The van der Waals surface area contributed by atoms with E-state index < -0.39 is 67.2 Å². The highest BCUT2D eigenvalue weighted by Crippen LogP contribution is 2.29. The summed E-state index contributed by atoms with van der Waals surface area (Å²) < 4.78 is 30.8. The summed E-state index contributed by atoms with van der Waals surface area (Å²) in [4.78, 5) is 57.0. The third kappa shape index (κ3) is 7.21. The average molecular weight is 390 g/mol. The van der Waals surface area contributed by atoms with Crippen LogP contribution in [0.5, 0.6) is 0 Å². The van der Waals surface area contributed by atoms with E-state index in [-0.39, 0.29) is 0 Å². The lowest BCUT2D eigenvalue weighted by atomic mass is 9.98. The molecule has 1 saturated heterocycles. The van der Waals surface area contributed by atoms with Crippen LogP contribution < -0.4 is 0 Å². The molecule has 0 radical (unpaired) electrons. The molecular weight excluding hydrogens is 368 g/mol. The van der Waals surface area contributed by atoms with Gasteiger partial charge in [0.1, 0.15) is 12.7 Å².